The van der Waals surface area contributed by atoms with Crippen LogP contribution < -0.4 is 0 Å². The van der Waals surface area contributed by atoms with Gasteiger partial charge in [-0.15, -0.1) is 0 Å². The van der Waals surface area contributed by atoms with Gasteiger partial charge in [-0.1, -0.05) is 18.2 Å². The number of carboxylic acid groups (broad SMARTS) is 3. The molecule has 0 aliphatic rings. The highest BCUT2D eigenvalue weighted by Crippen LogP contribution is 2.47. The van der Waals surface area contributed by atoms with Crippen molar-refractivity contribution in [1.82, 2.24) is 0 Å². The fraction of sp³-hybridized carbons (Fsp3) is 0.500. The smallest absolute Gasteiger partial charge is 0.330 e. The molecule has 0 unspecified atom stereocenters. The average molecular weight is 386 g/mol. The number of carbonyl (C=O) groups is 3. The van der Waals surface area contributed by atoms with Gasteiger partial charge >= 0.3 is 17.9 Å². The first-order valence-corrected chi connectivity index (χ1v) is 8.00. The van der Waals surface area contributed by atoms with Gasteiger partial charge in [0.05, 0.1) is 25.2 Å². The lowest BCUT2D eigenvalue weighted by molar-refractivity contribution is -0.133. The highest BCUT2D eigenvalue weighted by atomic mass is 16.4. The van der Waals surface area contributed by atoms with Crippen LogP contribution in [0.2, 0.25) is 0 Å². The monoisotopic (exact) mass is 386 g/mol. The Morgan fingerprint density at radius 1 is 0.704 bits per heavy atom. The molecule has 0 aromatic rings. The Hall–Kier alpha value is -2.49. The van der Waals surface area contributed by atoms with Crippen molar-refractivity contribution in [1.29, 1.82) is 0 Å². The summed E-state index contributed by atoms with van der Waals surface area (Å²) in [4.78, 5) is 33.8. The van der Waals surface area contributed by atoms with Gasteiger partial charge in [-0.25, -0.2) is 14.4 Å². The number of aliphatic carboxylic acids is 3. The van der Waals surface area contributed by atoms with E-state index in [1.54, 1.807) is 0 Å². The average Bonchev–Trinajstić information content (AvgIpc) is 2.60. The molecule has 9 nitrogen and oxygen atoms in total. The number of allylic oxidation sites excluding steroid dienone is 3. The molecule has 0 spiro atoms. The lowest BCUT2D eigenvalue weighted by Gasteiger charge is -2.45. The summed E-state index contributed by atoms with van der Waals surface area (Å²) in [7, 11) is 0. The second kappa shape index (κ2) is 10.0. The van der Waals surface area contributed by atoms with E-state index >= 15 is 0 Å². The highest BCUT2D eigenvalue weighted by molar-refractivity contribution is 5.88. The van der Waals surface area contributed by atoms with Crippen molar-refractivity contribution in [2.45, 2.75) is 27.2 Å². The number of rotatable bonds is 11. The van der Waals surface area contributed by atoms with Crippen LogP contribution >= 0.6 is 0 Å². The van der Waals surface area contributed by atoms with E-state index in [1.807, 2.05) is 0 Å². The Morgan fingerprint density at radius 3 is 1.30 bits per heavy atom. The van der Waals surface area contributed by atoms with Crippen LogP contribution in [0.15, 0.2) is 34.9 Å². The van der Waals surface area contributed by atoms with Crippen LogP contribution in [0.5, 0.6) is 0 Å². The van der Waals surface area contributed by atoms with Gasteiger partial charge in [-0.05, 0) is 27.2 Å². The van der Waals surface area contributed by atoms with Crippen molar-refractivity contribution < 1.29 is 45.0 Å². The predicted octanol–water partition coefficient (Wildman–Crippen LogP) is 0.419. The van der Waals surface area contributed by atoms with E-state index in [0.717, 1.165) is 12.2 Å². The fourth-order valence-corrected chi connectivity index (χ4v) is 2.58. The van der Waals surface area contributed by atoms with E-state index in [1.165, 1.54) is 26.8 Å². The minimum absolute atomic E-state index is 0.107. The molecule has 27 heavy (non-hydrogen) atoms. The second-order valence-corrected chi connectivity index (χ2v) is 6.46. The molecule has 152 valence electrons. The van der Waals surface area contributed by atoms with Crippen LogP contribution in [0.1, 0.15) is 27.2 Å². The van der Waals surface area contributed by atoms with Crippen molar-refractivity contribution in [2.75, 3.05) is 19.8 Å². The minimum atomic E-state index is -1.75. The van der Waals surface area contributed by atoms with E-state index < -0.39 is 48.6 Å². The largest absolute Gasteiger partial charge is 0.478 e. The van der Waals surface area contributed by atoms with Gasteiger partial charge in [0.15, 0.2) is 0 Å². The molecule has 0 aromatic heterocycles. The fourth-order valence-electron chi connectivity index (χ4n) is 2.58. The predicted molar refractivity (Wildman–Crippen MR) is 94.9 cm³/mol. The van der Waals surface area contributed by atoms with Crippen LogP contribution in [-0.2, 0) is 14.4 Å². The van der Waals surface area contributed by atoms with Gasteiger partial charge in [-0.3, -0.25) is 0 Å². The lowest BCUT2D eigenvalue weighted by atomic mass is 9.60. The Morgan fingerprint density at radius 2 is 1.04 bits per heavy atom. The molecular formula is C18H26O9. The van der Waals surface area contributed by atoms with E-state index in [2.05, 4.69) is 0 Å². The molecule has 0 saturated carbocycles. The third-order valence-corrected chi connectivity index (χ3v) is 4.60. The molecule has 0 amide bonds. The summed E-state index contributed by atoms with van der Waals surface area (Å²) in [5, 5.41) is 57.2. The Labute approximate surface area is 156 Å². The third kappa shape index (κ3) is 5.75. The first kappa shape index (κ1) is 24.5. The van der Waals surface area contributed by atoms with Gasteiger partial charge in [-0.2, -0.15) is 0 Å². The molecule has 0 radical (unpaired) electrons. The Bertz CT molecular complexity index is 628. The van der Waals surface area contributed by atoms with E-state index in [0.29, 0.717) is 0 Å². The van der Waals surface area contributed by atoms with Crippen molar-refractivity contribution in [2.24, 2.45) is 10.8 Å². The number of hydrogen-bond donors (Lipinski definition) is 6. The lowest BCUT2D eigenvalue weighted by Crippen LogP contribution is -2.49. The van der Waals surface area contributed by atoms with Crippen molar-refractivity contribution in [3.63, 3.8) is 0 Å². The first-order chi connectivity index (χ1) is 12.4. The second-order valence-electron chi connectivity index (χ2n) is 6.46. The molecule has 0 atom stereocenters. The summed E-state index contributed by atoms with van der Waals surface area (Å²) >= 11 is 0. The Balaban J connectivity index is 7.00. The van der Waals surface area contributed by atoms with E-state index in [-0.39, 0.29) is 23.1 Å². The maximum absolute atomic E-state index is 11.3. The summed E-state index contributed by atoms with van der Waals surface area (Å²) in [6.45, 7) is 1.30. The Kier molecular flexibility index (Phi) is 9.08. The number of hydrogen-bond acceptors (Lipinski definition) is 6. The molecule has 0 aliphatic carbocycles. The van der Waals surface area contributed by atoms with Gasteiger partial charge in [0.1, 0.15) is 0 Å². The van der Waals surface area contributed by atoms with Crippen LogP contribution in [-0.4, -0.2) is 68.4 Å². The van der Waals surface area contributed by atoms with Gasteiger partial charge < -0.3 is 30.6 Å². The minimum Gasteiger partial charge on any atom is -0.478 e. The number of aliphatic hydroxyl groups is 3. The summed E-state index contributed by atoms with van der Waals surface area (Å²) in [6.07, 6.45) is 3.18. The normalized spacial score (nSPS) is 16.0. The summed E-state index contributed by atoms with van der Waals surface area (Å²) in [5.74, 6) is -3.91. The summed E-state index contributed by atoms with van der Waals surface area (Å²) in [5.41, 5.74) is -4.01. The third-order valence-electron chi connectivity index (χ3n) is 4.60. The molecule has 6 N–H and O–H groups in total. The van der Waals surface area contributed by atoms with Crippen LogP contribution in [0.25, 0.3) is 0 Å². The number of aliphatic hydroxyl groups excluding tert-OH is 3. The zero-order valence-electron chi connectivity index (χ0n) is 15.5. The van der Waals surface area contributed by atoms with Gasteiger partial charge in [0, 0.05) is 22.1 Å². The standard InChI is InChI=1S/C18H26O9/c1-11(14(22)23)4-5-17(6-12(2)15(24)25,7-13(3)16(26)27)18(8-19,9-20)10-21/h4,6-7,19-21H,5,8-10H2,1-3H3,(H,22,23)(H,24,25)(H,26,27). The van der Waals surface area contributed by atoms with Crippen molar-refractivity contribution >= 4 is 17.9 Å². The molecular weight excluding hydrogens is 360 g/mol. The maximum atomic E-state index is 11.3. The molecule has 0 aromatic carbocycles. The molecule has 0 bridgehead atoms. The highest BCUT2D eigenvalue weighted by Gasteiger charge is 2.48. The van der Waals surface area contributed by atoms with Crippen LogP contribution in [0.3, 0.4) is 0 Å². The molecule has 0 heterocycles. The molecule has 9 heteroatoms. The molecule has 0 aliphatic heterocycles. The van der Waals surface area contributed by atoms with Crippen LogP contribution in [0.4, 0.5) is 0 Å². The van der Waals surface area contributed by atoms with Gasteiger partial charge in [0.2, 0.25) is 0 Å². The van der Waals surface area contributed by atoms with E-state index in [4.69, 9.17) is 5.11 Å². The molecule has 0 rings (SSSR count). The summed E-state index contributed by atoms with van der Waals surface area (Å²) in [6, 6.07) is 0. The zero-order chi connectivity index (χ0) is 21.4. The summed E-state index contributed by atoms with van der Waals surface area (Å²) < 4.78 is 0. The zero-order valence-corrected chi connectivity index (χ0v) is 15.5. The van der Waals surface area contributed by atoms with E-state index in [9.17, 15) is 39.9 Å². The van der Waals surface area contributed by atoms with Crippen molar-refractivity contribution in [3.8, 4) is 0 Å². The van der Waals surface area contributed by atoms with Crippen LogP contribution in [0, 0.1) is 10.8 Å². The molecule has 0 saturated heterocycles. The topological polar surface area (TPSA) is 173 Å². The van der Waals surface area contributed by atoms with Crippen molar-refractivity contribution in [3.05, 3.63) is 34.9 Å². The first-order valence-electron chi connectivity index (χ1n) is 8.00. The quantitative estimate of drug-likeness (QED) is 0.275. The maximum Gasteiger partial charge on any atom is 0.330 e. The SMILES string of the molecule is CC(=CCC(C=C(C)C(=O)O)(C=C(C)C(=O)O)C(CO)(CO)CO)C(=O)O. The number of carboxylic acids is 3. The molecule has 0 fully saturated rings. The van der Waals surface area contributed by atoms with Gasteiger partial charge in [0.25, 0.3) is 0 Å².